The molecule has 11 heteroatoms. The van der Waals surface area contributed by atoms with Gasteiger partial charge in [-0.25, -0.2) is 8.42 Å². The average Bonchev–Trinajstić information content (AvgIpc) is 2.69. The fourth-order valence-corrected chi connectivity index (χ4v) is 5.26. The van der Waals surface area contributed by atoms with Crippen molar-refractivity contribution < 1.29 is 18.1 Å². The predicted octanol–water partition coefficient (Wildman–Crippen LogP) is 1.43. The van der Waals surface area contributed by atoms with E-state index < -0.39 is 21.0 Å². The van der Waals surface area contributed by atoms with Crippen molar-refractivity contribution in [2.45, 2.75) is 49.1 Å². The smallest absolute Gasteiger partial charge is 0.269 e. The third-order valence-corrected chi connectivity index (χ3v) is 6.98. The minimum Gasteiger partial charge on any atom is -0.351 e. The molecule has 0 radical (unpaired) electrons. The molecule has 1 aromatic carbocycles. The van der Waals surface area contributed by atoms with E-state index in [0.717, 1.165) is 25.8 Å². The predicted molar refractivity (Wildman–Crippen MR) is 106 cm³/mol. The lowest BCUT2D eigenvalue weighted by Gasteiger charge is -2.35. The van der Waals surface area contributed by atoms with Crippen LogP contribution in [0.15, 0.2) is 29.2 Å². The molecule has 2 N–H and O–H groups in total. The molecule has 2 saturated heterocycles. The highest BCUT2D eigenvalue weighted by Crippen LogP contribution is 2.27. The average molecular weight is 433 g/mol. The maximum Gasteiger partial charge on any atom is 0.269 e. The number of amides is 1. The number of nitro benzene ring substituents is 1. The summed E-state index contributed by atoms with van der Waals surface area (Å²) in [5.41, 5.74) is -0.174. The van der Waals surface area contributed by atoms with Crippen molar-refractivity contribution in [3.05, 3.63) is 34.4 Å². The standard InChI is InChI=1S/C17H24N4O5S.ClH/c22-17(19-13-4-3-10-18-12-13)16-5-1-2-11-20(16)27(25,26)15-8-6-14(7-9-15)21(23)24;/h6-9,13,16,18H,1-5,10-12H2,(H,19,22);1H. The third-order valence-electron chi connectivity index (χ3n) is 5.05. The summed E-state index contributed by atoms with van der Waals surface area (Å²) in [6.45, 7) is 1.88. The van der Waals surface area contributed by atoms with Crippen LogP contribution >= 0.6 is 12.4 Å². The summed E-state index contributed by atoms with van der Waals surface area (Å²) in [6, 6.07) is 4.04. The second kappa shape index (κ2) is 9.64. The molecule has 2 heterocycles. The van der Waals surface area contributed by atoms with Gasteiger partial charge in [-0.05, 0) is 44.4 Å². The number of halogens is 1. The number of benzene rings is 1. The van der Waals surface area contributed by atoms with E-state index in [0.29, 0.717) is 19.4 Å². The summed E-state index contributed by atoms with van der Waals surface area (Å²) in [7, 11) is -3.91. The second-order valence-electron chi connectivity index (χ2n) is 6.93. The van der Waals surface area contributed by atoms with Crippen LogP contribution in [0.3, 0.4) is 0 Å². The first-order chi connectivity index (χ1) is 12.9. The van der Waals surface area contributed by atoms with Crippen molar-refractivity contribution in [3.8, 4) is 0 Å². The molecule has 2 unspecified atom stereocenters. The van der Waals surface area contributed by atoms with Crippen LogP contribution in [0.2, 0.25) is 0 Å². The largest absolute Gasteiger partial charge is 0.351 e. The molecule has 0 saturated carbocycles. The summed E-state index contributed by atoms with van der Waals surface area (Å²) in [5, 5.41) is 17.0. The molecule has 3 rings (SSSR count). The molecule has 9 nitrogen and oxygen atoms in total. The number of nitro groups is 1. The first kappa shape index (κ1) is 22.5. The van der Waals surface area contributed by atoms with Crippen LogP contribution in [0, 0.1) is 10.1 Å². The number of piperidine rings is 2. The van der Waals surface area contributed by atoms with Crippen molar-refractivity contribution in [1.82, 2.24) is 14.9 Å². The summed E-state index contributed by atoms with van der Waals surface area (Å²) in [4.78, 5) is 22.9. The van der Waals surface area contributed by atoms with Gasteiger partial charge in [-0.2, -0.15) is 4.31 Å². The molecule has 28 heavy (non-hydrogen) atoms. The molecule has 2 aliphatic heterocycles. The van der Waals surface area contributed by atoms with Gasteiger partial charge in [-0.1, -0.05) is 6.42 Å². The van der Waals surface area contributed by atoms with Crippen LogP contribution in [-0.2, 0) is 14.8 Å². The van der Waals surface area contributed by atoms with Gasteiger partial charge >= 0.3 is 0 Å². The van der Waals surface area contributed by atoms with E-state index in [9.17, 15) is 23.3 Å². The Bertz CT molecular complexity index is 796. The quantitative estimate of drug-likeness (QED) is 0.536. The van der Waals surface area contributed by atoms with E-state index in [1.165, 1.54) is 28.6 Å². The molecule has 1 aromatic rings. The van der Waals surface area contributed by atoms with Crippen LogP contribution in [0.25, 0.3) is 0 Å². The molecule has 2 atom stereocenters. The van der Waals surface area contributed by atoms with Gasteiger partial charge in [0.05, 0.1) is 9.82 Å². The lowest BCUT2D eigenvalue weighted by molar-refractivity contribution is -0.384. The first-order valence-corrected chi connectivity index (χ1v) is 10.6. The number of rotatable bonds is 5. The van der Waals surface area contributed by atoms with Gasteiger partial charge in [0.1, 0.15) is 6.04 Å². The van der Waals surface area contributed by atoms with Gasteiger partial charge in [0, 0.05) is 31.3 Å². The number of hydrogen-bond donors (Lipinski definition) is 2. The number of carbonyl (C=O) groups is 1. The summed E-state index contributed by atoms with van der Waals surface area (Å²) >= 11 is 0. The molecule has 2 aliphatic rings. The molecule has 0 aliphatic carbocycles. The molecule has 0 spiro atoms. The minimum absolute atomic E-state index is 0. The number of hydrogen-bond acceptors (Lipinski definition) is 6. The maximum atomic E-state index is 13.0. The van der Waals surface area contributed by atoms with Crippen molar-refractivity contribution in [3.63, 3.8) is 0 Å². The number of non-ortho nitro benzene ring substituents is 1. The lowest BCUT2D eigenvalue weighted by atomic mass is 10.0. The van der Waals surface area contributed by atoms with Crippen LogP contribution in [0.1, 0.15) is 32.1 Å². The maximum absolute atomic E-state index is 13.0. The molecular weight excluding hydrogens is 408 g/mol. The Morgan fingerprint density at radius 1 is 1.18 bits per heavy atom. The Morgan fingerprint density at radius 3 is 2.50 bits per heavy atom. The summed E-state index contributed by atoms with van der Waals surface area (Å²) < 4.78 is 27.3. The Balaban J connectivity index is 0.00000280. The highest BCUT2D eigenvalue weighted by Gasteiger charge is 2.38. The Morgan fingerprint density at radius 2 is 1.89 bits per heavy atom. The molecular formula is C17H25ClN4O5S. The van der Waals surface area contributed by atoms with Gasteiger partial charge in [-0.15, -0.1) is 12.4 Å². The first-order valence-electron chi connectivity index (χ1n) is 9.17. The fourth-order valence-electron chi connectivity index (χ4n) is 3.60. The highest BCUT2D eigenvalue weighted by molar-refractivity contribution is 7.89. The van der Waals surface area contributed by atoms with Gasteiger partial charge in [-0.3, -0.25) is 14.9 Å². The van der Waals surface area contributed by atoms with Crippen molar-refractivity contribution >= 4 is 34.0 Å². The molecule has 0 aromatic heterocycles. The number of nitrogens with zero attached hydrogens (tertiary/aromatic N) is 2. The molecule has 156 valence electrons. The molecule has 2 fully saturated rings. The third kappa shape index (κ3) is 4.99. The van der Waals surface area contributed by atoms with E-state index in [4.69, 9.17) is 0 Å². The van der Waals surface area contributed by atoms with Crippen LogP contribution in [0.4, 0.5) is 5.69 Å². The second-order valence-corrected chi connectivity index (χ2v) is 8.82. The number of carbonyl (C=O) groups excluding carboxylic acids is 1. The number of nitrogens with one attached hydrogen (secondary N) is 2. The van der Waals surface area contributed by atoms with E-state index in [1.54, 1.807) is 0 Å². The van der Waals surface area contributed by atoms with Gasteiger partial charge in [0.2, 0.25) is 15.9 Å². The van der Waals surface area contributed by atoms with E-state index >= 15 is 0 Å². The zero-order valence-corrected chi connectivity index (χ0v) is 17.0. The normalized spacial score (nSPS) is 23.4. The minimum atomic E-state index is -3.91. The Kier molecular flexibility index (Phi) is 7.76. The topological polar surface area (TPSA) is 122 Å². The number of sulfonamides is 1. The monoisotopic (exact) mass is 432 g/mol. The van der Waals surface area contributed by atoms with Crippen molar-refractivity contribution in [2.24, 2.45) is 0 Å². The molecule has 1 amide bonds. The zero-order chi connectivity index (χ0) is 19.4. The Hall–Kier alpha value is -1.75. The van der Waals surface area contributed by atoms with Crippen molar-refractivity contribution in [1.29, 1.82) is 0 Å². The van der Waals surface area contributed by atoms with E-state index in [1.807, 2.05) is 0 Å². The lowest BCUT2D eigenvalue weighted by Crippen LogP contribution is -2.55. The van der Waals surface area contributed by atoms with Crippen LogP contribution in [0.5, 0.6) is 0 Å². The zero-order valence-electron chi connectivity index (χ0n) is 15.4. The summed E-state index contributed by atoms with van der Waals surface area (Å²) in [5.74, 6) is -0.270. The van der Waals surface area contributed by atoms with E-state index in [2.05, 4.69) is 10.6 Å². The van der Waals surface area contributed by atoms with E-state index in [-0.39, 0.29) is 41.5 Å². The van der Waals surface area contributed by atoms with Gasteiger partial charge in [0.25, 0.3) is 5.69 Å². The fraction of sp³-hybridized carbons (Fsp3) is 0.588. The molecule has 0 bridgehead atoms. The van der Waals surface area contributed by atoms with Crippen LogP contribution < -0.4 is 10.6 Å². The van der Waals surface area contributed by atoms with Crippen LogP contribution in [-0.4, -0.2) is 55.3 Å². The Labute approximate surface area is 170 Å². The van der Waals surface area contributed by atoms with Crippen molar-refractivity contribution in [2.75, 3.05) is 19.6 Å². The van der Waals surface area contributed by atoms with Gasteiger partial charge < -0.3 is 10.6 Å². The SMILES string of the molecule is Cl.O=C(NC1CCCNC1)C1CCCCN1S(=O)(=O)c1ccc([N+](=O)[O-])cc1. The summed E-state index contributed by atoms with van der Waals surface area (Å²) in [6.07, 6.45) is 3.79. The highest BCUT2D eigenvalue weighted by atomic mass is 35.5. The van der Waals surface area contributed by atoms with Gasteiger partial charge in [0.15, 0.2) is 0 Å².